The maximum Gasteiger partial charge on any atom is 0.252 e. The molecular weight excluding hydrogens is 332 g/mol. The highest BCUT2D eigenvalue weighted by atomic mass is 32.1. The van der Waals surface area contributed by atoms with Crippen molar-refractivity contribution in [1.29, 1.82) is 0 Å². The van der Waals surface area contributed by atoms with Gasteiger partial charge in [0.2, 0.25) is 0 Å². The molecule has 1 aromatic carbocycles. The second-order valence-corrected chi connectivity index (χ2v) is 7.03. The number of rotatable bonds is 4. The molecule has 1 aliphatic rings. The first-order valence-corrected chi connectivity index (χ1v) is 9.43. The van der Waals surface area contributed by atoms with Gasteiger partial charge in [-0.15, -0.1) is 0 Å². The lowest BCUT2D eigenvalue weighted by atomic mass is 10.0. The number of H-pyrrole nitrogens is 1. The highest BCUT2D eigenvalue weighted by Crippen LogP contribution is 2.24. The quantitative estimate of drug-likeness (QED) is 0.755. The molecule has 3 aromatic rings. The Morgan fingerprint density at radius 2 is 2.00 bits per heavy atom. The Balaban J connectivity index is 1.34. The predicted octanol–water partition coefficient (Wildman–Crippen LogP) is 3.54. The summed E-state index contributed by atoms with van der Waals surface area (Å²) in [6, 6.07) is 14.4. The second kappa shape index (κ2) is 7.11. The zero-order valence-corrected chi connectivity index (χ0v) is 14.6. The van der Waals surface area contributed by atoms with E-state index in [0.29, 0.717) is 0 Å². The minimum Gasteiger partial charge on any atom is -0.355 e. The largest absolute Gasteiger partial charge is 0.355 e. The number of amides is 1. The van der Waals surface area contributed by atoms with Gasteiger partial charge in [0.1, 0.15) is 0 Å². The van der Waals surface area contributed by atoms with Crippen LogP contribution in [-0.4, -0.2) is 35.2 Å². The van der Waals surface area contributed by atoms with E-state index in [9.17, 15) is 4.79 Å². The number of hydrogen-bond acceptors (Lipinski definition) is 4. The fourth-order valence-electron chi connectivity index (χ4n) is 3.15. The smallest absolute Gasteiger partial charge is 0.252 e. The summed E-state index contributed by atoms with van der Waals surface area (Å²) in [7, 11) is 0. The van der Waals surface area contributed by atoms with Gasteiger partial charge >= 0.3 is 0 Å². The summed E-state index contributed by atoms with van der Waals surface area (Å²) in [5.74, 6) is 1.01. The van der Waals surface area contributed by atoms with E-state index < -0.39 is 0 Å². The van der Waals surface area contributed by atoms with E-state index in [1.54, 1.807) is 11.3 Å². The van der Waals surface area contributed by atoms with Crippen LogP contribution in [0.5, 0.6) is 0 Å². The maximum atomic E-state index is 12.2. The normalized spacial score (nSPS) is 15.3. The van der Waals surface area contributed by atoms with Crippen LogP contribution in [0, 0.1) is 0 Å². The number of piperidine rings is 1. The Morgan fingerprint density at radius 1 is 1.20 bits per heavy atom. The van der Waals surface area contributed by atoms with Crippen LogP contribution in [0.3, 0.4) is 0 Å². The molecule has 1 amide bonds. The molecule has 1 saturated heterocycles. The third kappa shape index (κ3) is 3.58. The Hall–Kier alpha value is -2.60. The number of anilines is 1. The lowest BCUT2D eigenvalue weighted by molar-refractivity contribution is 0.0931. The van der Waals surface area contributed by atoms with E-state index >= 15 is 0 Å². The molecule has 0 bridgehead atoms. The van der Waals surface area contributed by atoms with Crippen LogP contribution < -0.4 is 10.2 Å². The molecule has 0 aliphatic carbocycles. The Kier molecular flexibility index (Phi) is 4.52. The second-order valence-electron chi connectivity index (χ2n) is 6.25. The topological polar surface area (TPSA) is 61.0 Å². The molecule has 0 radical (unpaired) electrons. The van der Waals surface area contributed by atoms with E-state index in [1.807, 2.05) is 35.0 Å². The van der Waals surface area contributed by atoms with Gasteiger partial charge in [-0.25, -0.2) is 0 Å². The Bertz CT molecular complexity index is 820. The van der Waals surface area contributed by atoms with Crippen LogP contribution in [0.4, 0.5) is 5.82 Å². The van der Waals surface area contributed by atoms with Crippen LogP contribution in [0.15, 0.2) is 53.2 Å². The van der Waals surface area contributed by atoms with Crippen molar-refractivity contribution in [2.45, 2.75) is 18.9 Å². The highest BCUT2D eigenvalue weighted by molar-refractivity contribution is 7.08. The number of nitrogens with one attached hydrogen (secondary N) is 2. The third-order valence-corrected chi connectivity index (χ3v) is 5.27. The van der Waals surface area contributed by atoms with Crippen molar-refractivity contribution in [2.24, 2.45) is 0 Å². The summed E-state index contributed by atoms with van der Waals surface area (Å²) in [4.78, 5) is 14.4. The van der Waals surface area contributed by atoms with Gasteiger partial charge in [0.25, 0.3) is 5.91 Å². The van der Waals surface area contributed by atoms with Gasteiger partial charge in [-0.2, -0.15) is 16.4 Å². The van der Waals surface area contributed by atoms with E-state index in [4.69, 9.17) is 0 Å². The van der Waals surface area contributed by atoms with E-state index in [-0.39, 0.29) is 11.9 Å². The van der Waals surface area contributed by atoms with E-state index in [0.717, 1.165) is 48.6 Å². The molecule has 1 aliphatic heterocycles. The van der Waals surface area contributed by atoms with Crippen LogP contribution in [0.1, 0.15) is 23.2 Å². The van der Waals surface area contributed by atoms with Crippen molar-refractivity contribution < 1.29 is 4.79 Å². The van der Waals surface area contributed by atoms with Gasteiger partial charge in [0.05, 0.1) is 5.69 Å². The summed E-state index contributed by atoms with van der Waals surface area (Å²) in [6.45, 7) is 1.79. The molecule has 5 nitrogen and oxygen atoms in total. The van der Waals surface area contributed by atoms with Gasteiger partial charge < -0.3 is 10.2 Å². The number of nitrogens with zero attached hydrogens (tertiary/aromatic N) is 2. The Labute approximate surface area is 150 Å². The molecule has 2 aromatic heterocycles. The van der Waals surface area contributed by atoms with Crippen LogP contribution in [0.2, 0.25) is 0 Å². The first kappa shape index (κ1) is 15.9. The van der Waals surface area contributed by atoms with Crippen molar-refractivity contribution in [2.75, 3.05) is 18.0 Å². The number of carbonyl (C=O) groups excluding carboxylic acids is 1. The molecule has 3 heterocycles. The summed E-state index contributed by atoms with van der Waals surface area (Å²) in [5.41, 5.74) is 2.93. The molecule has 4 rings (SSSR count). The molecule has 0 spiro atoms. The summed E-state index contributed by atoms with van der Waals surface area (Å²) < 4.78 is 0. The van der Waals surface area contributed by atoms with Gasteiger partial charge in [-0.3, -0.25) is 9.89 Å². The molecule has 128 valence electrons. The van der Waals surface area contributed by atoms with E-state index in [2.05, 4.69) is 38.6 Å². The minimum absolute atomic E-state index is 0.0332. The zero-order chi connectivity index (χ0) is 17.1. The van der Waals surface area contributed by atoms with E-state index in [1.165, 1.54) is 0 Å². The number of thiophene rings is 1. The van der Waals surface area contributed by atoms with Crippen molar-refractivity contribution in [3.63, 3.8) is 0 Å². The van der Waals surface area contributed by atoms with Crippen LogP contribution >= 0.6 is 11.3 Å². The van der Waals surface area contributed by atoms with Crippen LogP contribution in [-0.2, 0) is 0 Å². The fourth-order valence-corrected chi connectivity index (χ4v) is 3.79. The molecule has 2 N–H and O–H groups in total. The first-order valence-electron chi connectivity index (χ1n) is 8.48. The summed E-state index contributed by atoms with van der Waals surface area (Å²) in [6.07, 6.45) is 1.87. The lowest BCUT2D eigenvalue weighted by Crippen LogP contribution is -2.44. The summed E-state index contributed by atoms with van der Waals surface area (Å²) in [5, 5.41) is 14.5. The van der Waals surface area contributed by atoms with Crippen molar-refractivity contribution in [3.05, 3.63) is 58.8 Å². The first-order chi connectivity index (χ1) is 12.3. The average Bonchev–Trinajstić information content (AvgIpc) is 3.35. The number of aromatic nitrogens is 2. The third-order valence-electron chi connectivity index (χ3n) is 4.59. The highest BCUT2D eigenvalue weighted by Gasteiger charge is 2.22. The molecular formula is C19H20N4OS. The molecule has 0 saturated carbocycles. The number of aromatic amines is 1. The fraction of sp³-hybridized carbons (Fsp3) is 0.263. The SMILES string of the molecule is O=C(NC1CCN(c2cc(-c3ccccc3)[nH]n2)CC1)c1ccsc1. The maximum absolute atomic E-state index is 12.2. The van der Waals surface area contributed by atoms with Gasteiger partial charge in [-0.05, 0) is 29.9 Å². The number of benzene rings is 1. The molecule has 0 atom stereocenters. The van der Waals surface area contributed by atoms with Crippen molar-refractivity contribution in [3.8, 4) is 11.3 Å². The van der Waals surface area contributed by atoms with Crippen molar-refractivity contribution >= 4 is 23.1 Å². The minimum atomic E-state index is 0.0332. The zero-order valence-electron chi connectivity index (χ0n) is 13.8. The number of hydrogen-bond donors (Lipinski definition) is 2. The van der Waals surface area contributed by atoms with Gasteiger partial charge in [-0.1, -0.05) is 30.3 Å². The molecule has 1 fully saturated rings. The lowest BCUT2D eigenvalue weighted by Gasteiger charge is -2.32. The van der Waals surface area contributed by atoms with Crippen LogP contribution in [0.25, 0.3) is 11.3 Å². The molecule has 25 heavy (non-hydrogen) atoms. The van der Waals surface area contributed by atoms with Crippen molar-refractivity contribution in [1.82, 2.24) is 15.5 Å². The van der Waals surface area contributed by atoms with Gasteiger partial charge in [0.15, 0.2) is 5.82 Å². The molecule has 0 unspecified atom stereocenters. The number of carbonyl (C=O) groups is 1. The molecule has 6 heteroatoms. The standard InChI is InChI=1S/C19H20N4OS/c24-19(15-8-11-25-13-15)20-16-6-9-23(10-7-16)18-12-17(21-22-18)14-4-2-1-3-5-14/h1-5,8,11-13,16H,6-7,9-10H2,(H,20,24)(H,21,22). The summed E-state index contributed by atoms with van der Waals surface area (Å²) >= 11 is 1.55. The predicted molar refractivity (Wildman–Crippen MR) is 101 cm³/mol. The van der Waals surface area contributed by atoms with Gasteiger partial charge in [0, 0.05) is 36.1 Å². The monoisotopic (exact) mass is 352 g/mol. The Morgan fingerprint density at radius 3 is 2.72 bits per heavy atom. The average molecular weight is 352 g/mol.